The summed E-state index contributed by atoms with van der Waals surface area (Å²) in [5.74, 6) is -0.518. The first kappa shape index (κ1) is 26.4. The fraction of sp³-hybridized carbons (Fsp3) is 0.174. The van der Waals surface area contributed by atoms with Crippen LogP contribution in [0.15, 0.2) is 70.0 Å². The number of methoxy groups -OCH3 is 1. The summed E-state index contributed by atoms with van der Waals surface area (Å²) in [7, 11) is -2.75. The van der Waals surface area contributed by atoms with E-state index in [1.54, 1.807) is 24.3 Å². The number of benzene rings is 3. The van der Waals surface area contributed by atoms with Crippen LogP contribution in [0.25, 0.3) is 0 Å². The van der Waals surface area contributed by atoms with Gasteiger partial charge in [-0.3, -0.25) is 9.52 Å². The van der Waals surface area contributed by atoms with Gasteiger partial charge in [-0.1, -0.05) is 19.1 Å². The molecular formula is C23H20BrF3N2O5S. The lowest BCUT2D eigenvalue weighted by Crippen LogP contribution is -2.20. The Kier molecular flexibility index (Phi) is 7.96. The number of halogens is 4. The number of nitrogens with one attached hydrogen (secondary N) is 2. The van der Waals surface area contributed by atoms with Gasteiger partial charge < -0.3 is 14.8 Å². The van der Waals surface area contributed by atoms with E-state index in [1.165, 1.54) is 25.3 Å². The fourth-order valence-electron chi connectivity index (χ4n) is 3.17. The Morgan fingerprint density at radius 1 is 1.00 bits per heavy atom. The third-order valence-electron chi connectivity index (χ3n) is 4.78. The molecule has 0 unspecified atom stereocenters. The number of anilines is 2. The molecular weight excluding hydrogens is 553 g/mol. The first-order valence-electron chi connectivity index (χ1n) is 10.1. The summed E-state index contributed by atoms with van der Waals surface area (Å²) in [5.41, 5.74) is 1.39. The molecule has 186 valence electrons. The van der Waals surface area contributed by atoms with Gasteiger partial charge in [0.05, 0.1) is 18.4 Å². The van der Waals surface area contributed by atoms with Gasteiger partial charge in [-0.15, -0.1) is 13.2 Å². The number of sulfonamides is 1. The molecule has 2 N–H and O–H groups in total. The molecule has 35 heavy (non-hydrogen) atoms. The highest BCUT2D eigenvalue weighted by molar-refractivity contribution is 9.10. The van der Waals surface area contributed by atoms with Gasteiger partial charge in [0.25, 0.3) is 15.9 Å². The van der Waals surface area contributed by atoms with Crippen molar-refractivity contribution in [2.75, 3.05) is 17.1 Å². The van der Waals surface area contributed by atoms with Crippen LogP contribution in [-0.2, 0) is 16.4 Å². The third kappa shape index (κ3) is 6.67. The van der Waals surface area contributed by atoms with Crippen molar-refractivity contribution >= 4 is 43.2 Å². The molecule has 0 heterocycles. The highest BCUT2D eigenvalue weighted by Crippen LogP contribution is 2.32. The van der Waals surface area contributed by atoms with Crippen LogP contribution >= 0.6 is 15.9 Å². The van der Waals surface area contributed by atoms with Gasteiger partial charge in [0.15, 0.2) is 0 Å². The van der Waals surface area contributed by atoms with Gasteiger partial charge in [0, 0.05) is 10.2 Å². The Labute approximate surface area is 208 Å². The van der Waals surface area contributed by atoms with Crippen LogP contribution in [0, 0.1) is 0 Å². The zero-order valence-corrected chi connectivity index (χ0v) is 20.8. The van der Waals surface area contributed by atoms with E-state index in [0.717, 1.165) is 23.8 Å². The number of amides is 1. The van der Waals surface area contributed by atoms with E-state index in [1.807, 2.05) is 6.92 Å². The highest BCUT2D eigenvalue weighted by atomic mass is 79.9. The second kappa shape index (κ2) is 10.6. The van der Waals surface area contributed by atoms with Gasteiger partial charge in [-0.2, -0.15) is 0 Å². The van der Waals surface area contributed by atoms with E-state index in [0.29, 0.717) is 17.9 Å². The summed E-state index contributed by atoms with van der Waals surface area (Å²) in [6.45, 7) is 1.91. The molecule has 1 amide bonds. The number of carbonyl (C=O) groups excluding carboxylic acids is 1. The third-order valence-corrected chi connectivity index (χ3v) is 7.13. The number of alkyl halides is 3. The maximum atomic E-state index is 13.0. The minimum Gasteiger partial charge on any atom is -0.497 e. The standard InChI is InChI=1S/C23H20BrF3N2O5S/c1-3-14-12-15(33-2)8-10-19(14)28-22(30)17-6-4-5-7-20(17)29-35(31,32)21-11-9-16(13-18(21)24)34-23(25,26)27/h4-13,29H,3H2,1-2H3,(H,28,30). The van der Waals surface area contributed by atoms with Crippen molar-refractivity contribution in [1.82, 2.24) is 0 Å². The maximum absolute atomic E-state index is 13.0. The summed E-state index contributed by atoms with van der Waals surface area (Å²) < 4.78 is 74.5. The summed E-state index contributed by atoms with van der Waals surface area (Å²) in [4.78, 5) is 12.7. The van der Waals surface area contributed by atoms with E-state index < -0.39 is 28.0 Å². The van der Waals surface area contributed by atoms with E-state index in [9.17, 15) is 26.4 Å². The molecule has 3 aromatic rings. The van der Waals surface area contributed by atoms with Crippen LogP contribution in [0.5, 0.6) is 11.5 Å². The smallest absolute Gasteiger partial charge is 0.497 e. The maximum Gasteiger partial charge on any atom is 0.573 e. The van der Waals surface area contributed by atoms with Crippen molar-refractivity contribution in [3.05, 3.63) is 76.3 Å². The summed E-state index contributed by atoms with van der Waals surface area (Å²) in [6.07, 6.45) is -4.31. The van der Waals surface area contributed by atoms with Gasteiger partial charge in [0.2, 0.25) is 0 Å². The number of ether oxygens (including phenoxy) is 2. The average molecular weight is 573 g/mol. The zero-order valence-electron chi connectivity index (χ0n) is 18.4. The van der Waals surface area contributed by atoms with Gasteiger partial charge in [-0.25, -0.2) is 8.42 Å². The molecule has 0 aromatic heterocycles. The summed E-state index contributed by atoms with van der Waals surface area (Å²) in [5, 5.41) is 2.77. The largest absolute Gasteiger partial charge is 0.573 e. The number of hydrogen-bond acceptors (Lipinski definition) is 5. The quantitative estimate of drug-likeness (QED) is 0.347. The molecule has 0 aliphatic carbocycles. The first-order chi connectivity index (χ1) is 16.4. The molecule has 0 fully saturated rings. The van der Waals surface area contributed by atoms with Crippen molar-refractivity contribution in [3.63, 3.8) is 0 Å². The molecule has 0 radical (unpaired) electrons. The lowest BCUT2D eigenvalue weighted by molar-refractivity contribution is -0.274. The van der Waals surface area contributed by atoms with Crippen molar-refractivity contribution in [3.8, 4) is 11.5 Å². The first-order valence-corrected chi connectivity index (χ1v) is 12.4. The van der Waals surface area contributed by atoms with Gasteiger partial charge >= 0.3 is 6.36 Å². The van der Waals surface area contributed by atoms with E-state index >= 15 is 0 Å². The number of hydrogen-bond donors (Lipinski definition) is 2. The van der Waals surface area contributed by atoms with E-state index in [2.05, 4.69) is 30.7 Å². The second-order valence-electron chi connectivity index (χ2n) is 7.12. The van der Waals surface area contributed by atoms with Crippen LogP contribution < -0.4 is 19.5 Å². The van der Waals surface area contributed by atoms with Crippen LogP contribution in [0.3, 0.4) is 0 Å². The minimum atomic E-state index is -4.92. The van der Waals surface area contributed by atoms with Crippen molar-refractivity contribution in [2.45, 2.75) is 24.6 Å². The lowest BCUT2D eigenvalue weighted by Gasteiger charge is -2.16. The molecule has 7 nitrogen and oxygen atoms in total. The molecule has 0 aliphatic heterocycles. The van der Waals surface area contributed by atoms with Gasteiger partial charge in [-0.05, 0) is 76.4 Å². The molecule has 3 aromatic carbocycles. The highest BCUT2D eigenvalue weighted by Gasteiger charge is 2.31. The van der Waals surface area contributed by atoms with Crippen molar-refractivity contribution in [2.24, 2.45) is 0 Å². The molecule has 0 aliphatic rings. The van der Waals surface area contributed by atoms with Crippen LogP contribution in [0.1, 0.15) is 22.8 Å². The molecule has 0 saturated heterocycles. The van der Waals surface area contributed by atoms with Crippen LogP contribution in [0.2, 0.25) is 0 Å². The topological polar surface area (TPSA) is 93.7 Å². The molecule has 0 spiro atoms. The van der Waals surface area contributed by atoms with Crippen molar-refractivity contribution < 1.29 is 35.9 Å². The Bertz CT molecular complexity index is 1350. The summed E-state index contributed by atoms with van der Waals surface area (Å²) >= 11 is 2.97. The Morgan fingerprint density at radius 3 is 2.31 bits per heavy atom. The van der Waals surface area contributed by atoms with Crippen LogP contribution in [0.4, 0.5) is 24.5 Å². The molecule has 3 rings (SSSR count). The Balaban J connectivity index is 1.87. The Morgan fingerprint density at radius 2 is 1.69 bits per heavy atom. The predicted molar refractivity (Wildman–Crippen MR) is 128 cm³/mol. The monoisotopic (exact) mass is 572 g/mol. The number of carbonyl (C=O) groups is 1. The lowest BCUT2D eigenvalue weighted by atomic mass is 10.1. The number of aryl methyl sites for hydroxylation is 1. The molecule has 0 bridgehead atoms. The number of para-hydroxylation sites is 1. The zero-order chi connectivity index (χ0) is 25.8. The normalized spacial score (nSPS) is 11.6. The molecule has 0 saturated carbocycles. The average Bonchev–Trinajstić information content (AvgIpc) is 2.78. The van der Waals surface area contributed by atoms with E-state index in [-0.39, 0.29) is 20.6 Å². The predicted octanol–water partition coefficient (Wildman–Crippen LogP) is 5.97. The van der Waals surface area contributed by atoms with Gasteiger partial charge in [0.1, 0.15) is 16.4 Å². The fourth-order valence-corrected chi connectivity index (χ4v) is 5.31. The second-order valence-corrected chi connectivity index (χ2v) is 9.63. The number of rotatable bonds is 8. The Hall–Kier alpha value is -3.25. The van der Waals surface area contributed by atoms with E-state index in [4.69, 9.17) is 4.74 Å². The molecule has 0 atom stereocenters. The van der Waals surface area contributed by atoms with Crippen LogP contribution in [-0.4, -0.2) is 27.8 Å². The minimum absolute atomic E-state index is 0.0147. The molecule has 12 heteroatoms. The van der Waals surface area contributed by atoms with Crippen molar-refractivity contribution in [1.29, 1.82) is 0 Å². The summed E-state index contributed by atoms with van der Waals surface area (Å²) in [6, 6.07) is 13.8. The SMILES string of the molecule is CCc1cc(OC)ccc1NC(=O)c1ccccc1NS(=O)(=O)c1ccc(OC(F)(F)F)cc1Br.